The molecule has 138 valence electrons. The Labute approximate surface area is 157 Å². The molecule has 0 amide bonds. The van der Waals surface area contributed by atoms with Gasteiger partial charge in [0.2, 0.25) is 0 Å². The topological polar surface area (TPSA) is 41.5 Å². The second kappa shape index (κ2) is 10.4. The summed E-state index contributed by atoms with van der Waals surface area (Å²) in [6, 6.07) is 18.3. The summed E-state index contributed by atoms with van der Waals surface area (Å²) >= 11 is 0. The molecule has 2 N–H and O–H groups in total. The molecule has 0 spiro atoms. The summed E-state index contributed by atoms with van der Waals surface area (Å²) in [5.74, 6) is 0.784. The number of aryl methyl sites for hydroxylation is 1. The van der Waals surface area contributed by atoms with E-state index in [1.807, 2.05) is 30.3 Å². The van der Waals surface area contributed by atoms with Crippen molar-refractivity contribution in [3.05, 3.63) is 65.7 Å². The summed E-state index contributed by atoms with van der Waals surface area (Å²) in [5, 5.41) is 13.6. The van der Waals surface area contributed by atoms with Crippen LogP contribution in [0.2, 0.25) is 0 Å². The summed E-state index contributed by atoms with van der Waals surface area (Å²) < 4.78 is 5.59. The minimum Gasteiger partial charge on any atom is -0.491 e. The van der Waals surface area contributed by atoms with Crippen molar-refractivity contribution in [2.24, 2.45) is 0 Å². The number of ether oxygens (including phenoxy) is 1. The van der Waals surface area contributed by atoms with Gasteiger partial charge in [-0.2, -0.15) is 0 Å². The van der Waals surface area contributed by atoms with Gasteiger partial charge in [0.15, 0.2) is 0 Å². The summed E-state index contributed by atoms with van der Waals surface area (Å²) in [6.07, 6.45) is 1.45. The van der Waals surface area contributed by atoms with Crippen molar-refractivity contribution in [3.8, 4) is 5.75 Å². The Morgan fingerprint density at radius 1 is 1.00 bits per heavy atom. The molecule has 0 fully saturated rings. The molecule has 0 heterocycles. The average molecular weight is 364 g/mol. The zero-order chi connectivity index (χ0) is 17.4. The Morgan fingerprint density at radius 2 is 1.60 bits per heavy atom. The largest absolute Gasteiger partial charge is 0.491 e. The van der Waals surface area contributed by atoms with E-state index < -0.39 is 6.10 Å². The number of aliphatic hydroxyl groups is 1. The molecule has 2 rings (SSSR count). The third-order valence-electron chi connectivity index (χ3n) is 4.08. The second-order valence-electron chi connectivity index (χ2n) is 6.89. The lowest BCUT2D eigenvalue weighted by atomic mass is 9.94. The van der Waals surface area contributed by atoms with Crippen molar-refractivity contribution in [2.75, 3.05) is 13.2 Å². The lowest BCUT2D eigenvalue weighted by Crippen LogP contribution is -2.46. The first-order chi connectivity index (χ1) is 11.5. The predicted molar refractivity (Wildman–Crippen MR) is 107 cm³/mol. The molecule has 4 heteroatoms. The average Bonchev–Trinajstić information content (AvgIpc) is 2.59. The standard InChI is InChI=1S/C21H29NO2.ClH/c1-4-17-10-12-18(13-11-17)14-21(2,3)22-15-19(23)16-24-20-8-6-5-7-9-20;/h5-13,19,22-23H,4,14-16H2,1-3H3;1H. The van der Waals surface area contributed by atoms with E-state index >= 15 is 0 Å². The van der Waals surface area contributed by atoms with E-state index in [-0.39, 0.29) is 24.6 Å². The number of hydrogen-bond donors (Lipinski definition) is 2. The lowest BCUT2D eigenvalue weighted by molar-refractivity contribution is 0.0988. The molecule has 0 radical (unpaired) electrons. The van der Waals surface area contributed by atoms with Crippen molar-refractivity contribution >= 4 is 12.4 Å². The van der Waals surface area contributed by atoms with Crippen LogP contribution in [0, 0.1) is 0 Å². The van der Waals surface area contributed by atoms with Gasteiger partial charge in [-0.1, -0.05) is 49.4 Å². The van der Waals surface area contributed by atoms with Crippen LogP contribution in [0.5, 0.6) is 5.75 Å². The summed E-state index contributed by atoms with van der Waals surface area (Å²) in [7, 11) is 0. The number of β-amino-alcohol motifs (C(OH)–C–C–N with tert-alkyl or cyclic N) is 1. The van der Waals surface area contributed by atoms with E-state index in [4.69, 9.17) is 4.74 Å². The Bertz CT molecular complexity index is 599. The van der Waals surface area contributed by atoms with Gasteiger partial charge in [0.25, 0.3) is 0 Å². The highest BCUT2D eigenvalue weighted by molar-refractivity contribution is 5.85. The number of para-hydroxylation sites is 1. The third-order valence-corrected chi connectivity index (χ3v) is 4.08. The highest BCUT2D eigenvalue weighted by Gasteiger charge is 2.19. The fraction of sp³-hybridized carbons (Fsp3) is 0.429. The van der Waals surface area contributed by atoms with Crippen LogP contribution in [-0.2, 0) is 12.8 Å². The maximum atomic E-state index is 10.1. The monoisotopic (exact) mass is 363 g/mol. The third kappa shape index (κ3) is 7.91. The smallest absolute Gasteiger partial charge is 0.119 e. The molecular weight excluding hydrogens is 334 g/mol. The number of halogens is 1. The quantitative estimate of drug-likeness (QED) is 0.707. The molecule has 25 heavy (non-hydrogen) atoms. The molecule has 1 unspecified atom stereocenters. The van der Waals surface area contributed by atoms with E-state index in [1.165, 1.54) is 11.1 Å². The first kappa shape index (κ1) is 21.5. The molecule has 0 aliphatic carbocycles. The maximum Gasteiger partial charge on any atom is 0.119 e. The van der Waals surface area contributed by atoms with Crippen LogP contribution in [0.1, 0.15) is 31.9 Å². The fourth-order valence-corrected chi connectivity index (χ4v) is 2.63. The van der Waals surface area contributed by atoms with Crippen molar-refractivity contribution in [2.45, 2.75) is 45.3 Å². The predicted octanol–water partition coefficient (Wildman–Crippen LogP) is 4.02. The van der Waals surface area contributed by atoms with Crippen LogP contribution in [-0.4, -0.2) is 29.9 Å². The summed E-state index contributed by atoms with van der Waals surface area (Å²) in [4.78, 5) is 0. The normalized spacial score (nSPS) is 12.3. The van der Waals surface area contributed by atoms with E-state index in [1.54, 1.807) is 0 Å². The molecule has 0 saturated heterocycles. The zero-order valence-electron chi connectivity index (χ0n) is 15.4. The molecule has 0 bridgehead atoms. The van der Waals surface area contributed by atoms with Gasteiger partial charge < -0.3 is 15.2 Å². The SMILES string of the molecule is CCc1ccc(CC(C)(C)NCC(O)COc2ccccc2)cc1.Cl. The minimum atomic E-state index is -0.535. The van der Waals surface area contributed by atoms with Gasteiger partial charge in [-0.25, -0.2) is 0 Å². The van der Waals surface area contributed by atoms with E-state index in [9.17, 15) is 5.11 Å². The molecule has 0 aliphatic heterocycles. The molecule has 3 nitrogen and oxygen atoms in total. The van der Waals surface area contributed by atoms with E-state index in [0.717, 1.165) is 18.6 Å². The molecule has 1 atom stereocenters. The highest BCUT2D eigenvalue weighted by atomic mass is 35.5. The van der Waals surface area contributed by atoms with Gasteiger partial charge in [-0.05, 0) is 49.9 Å². The van der Waals surface area contributed by atoms with Gasteiger partial charge in [0.1, 0.15) is 18.5 Å². The highest BCUT2D eigenvalue weighted by Crippen LogP contribution is 2.14. The van der Waals surface area contributed by atoms with Crippen LogP contribution in [0.25, 0.3) is 0 Å². The van der Waals surface area contributed by atoms with E-state index in [0.29, 0.717) is 6.54 Å². The van der Waals surface area contributed by atoms with Crippen molar-refractivity contribution in [1.29, 1.82) is 0 Å². The van der Waals surface area contributed by atoms with Crippen LogP contribution in [0.15, 0.2) is 54.6 Å². The second-order valence-corrected chi connectivity index (χ2v) is 6.89. The first-order valence-electron chi connectivity index (χ1n) is 8.67. The van der Waals surface area contributed by atoms with Crippen LogP contribution >= 0.6 is 12.4 Å². The van der Waals surface area contributed by atoms with Crippen LogP contribution in [0.4, 0.5) is 0 Å². The van der Waals surface area contributed by atoms with Gasteiger partial charge in [-0.3, -0.25) is 0 Å². The van der Waals surface area contributed by atoms with Gasteiger partial charge in [0, 0.05) is 12.1 Å². The number of hydrogen-bond acceptors (Lipinski definition) is 3. The molecular formula is C21H30ClNO2. The van der Waals surface area contributed by atoms with Crippen molar-refractivity contribution in [3.63, 3.8) is 0 Å². The number of aliphatic hydroxyl groups excluding tert-OH is 1. The number of rotatable bonds is 9. The maximum absolute atomic E-state index is 10.1. The molecule has 2 aromatic carbocycles. The number of benzene rings is 2. The van der Waals surface area contributed by atoms with Gasteiger partial charge >= 0.3 is 0 Å². The minimum absolute atomic E-state index is 0. The molecule has 0 aliphatic rings. The Kier molecular flexibility index (Phi) is 8.98. The molecule has 0 saturated carbocycles. The van der Waals surface area contributed by atoms with Crippen LogP contribution < -0.4 is 10.1 Å². The van der Waals surface area contributed by atoms with Crippen molar-refractivity contribution < 1.29 is 9.84 Å². The molecule has 2 aromatic rings. The summed E-state index contributed by atoms with van der Waals surface area (Å²) in [6.45, 7) is 7.28. The van der Waals surface area contributed by atoms with Crippen molar-refractivity contribution in [1.82, 2.24) is 5.32 Å². The Hall–Kier alpha value is -1.55. The Morgan fingerprint density at radius 3 is 2.20 bits per heavy atom. The fourth-order valence-electron chi connectivity index (χ4n) is 2.63. The van der Waals surface area contributed by atoms with Crippen LogP contribution in [0.3, 0.4) is 0 Å². The zero-order valence-corrected chi connectivity index (χ0v) is 16.2. The molecule has 0 aromatic heterocycles. The summed E-state index contributed by atoms with van der Waals surface area (Å²) in [5.41, 5.74) is 2.58. The lowest BCUT2D eigenvalue weighted by Gasteiger charge is -2.28. The van der Waals surface area contributed by atoms with Gasteiger partial charge in [-0.15, -0.1) is 12.4 Å². The number of nitrogens with one attached hydrogen (secondary N) is 1. The first-order valence-corrected chi connectivity index (χ1v) is 8.67. The van der Waals surface area contributed by atoms with E-state index in [2.05, 4.69) is 50.4 Å². The Balaban J connectivity index is 0.00000312. The van der Waals surface area contributed by atoms with Gasteiger partial charge in [0.05, 0.1) is 0 Å².